The van der Waals surface area contributed by atoms with Crippen LogP contribution in [0, 0.1) is 0 Å². The molecule has 1 fully saturated rings. The van der Waals surface area contributed by atoms with E-state index in [9.17, 15) is 19.2 Å². The number of rotatable bonds is 2. The molecule has 2 aliphatic rings. The summed E-state index contributed by atoms with van der Waals surface area (Å²) in [6.07, 6.45) is 2.07. The minimum absolute atomic E-state index is 0.131. The number of carbonyl (C=O) groups excluding carboxylic acids is 3. The van der Waals surface area contributed by atoms with E-state index in [0.29, 0.717) is 28.6 Å². The number of benzene rings is 1. The number of pyridine rings is 2. The summed E-state index contributed by atoms with van der Waals surface area (Å²) in [4.78, 5) is 57.3. The maximum atomic E-state index is 12.8. The third-order valence-electron chi connectivity index (χ3n) is 5.59. The zero-order chi connectivity index (χ0) is 21.0. The van der Waals surface area contributed by atoms with E-state index in [-0.39, 0.29) is 36.0 Å². The lowest BCUT2D eigenvalue weighted by molar-refractivity contribution is -0.136. The molecule has 3 amide bonds. The number of piperidine rings is 1. The lowest BCUT2D eigenvalue weighted by Crippen LogP contribution is -2.52. The van der Waals surface area contributed by atoms with Gasteiger partial charge in [-0.05, 0) is 30.2 Å². The fraction of sp³-hybridized carbons (Fsp3) is 0.190. The molecule has 4 heterocycles. The summed E-state index contributed by atoms with van der Waals surface area (Å²) in [5, 5.41) is 2.63. The molecule has 150 valence electrons. The minimum atomic E-state index is -0.662. The maximum absolute atomic E-state index is 12.8. The zero-order valence-electron chi connectivity index (χ0n) is 15.8. The quantitative estimate of drug-likeness (QED) is 0.544. The van der Waals surface area contributed by atoms with Crippen LogP contribution in [-0.2, 0) is 16.1 Å². The van der Waals surface area contributed by atoms with Crippen LogP contribution in [0.25, 0.3) is 22.2 Å². The molecule has 4 N–H and O–H groups in total. The molecular weight excluding hydrogens is 386 g/mol. The fourth-order valence-electron chi connectivity index (χ4n) is 4.11. The number of nitrogens with one attached hydrogen (secondary N) is 2. The van der Waals surface area contributed by atoms with Gasteiger partial charge in [0.1, 0.15) is 11.9 Å². The van der Waals surface area contributed by atoms with Crippen LogP contribution in [0.5, 0.6) is 0 Å². The standard InChI is InChI=1S/C21H17N5O4/c22-19-18-14(23-6-5-16(18)27)8-13(24-19)10-1-2-12-11(7-10)9-26(21(12)30)15-3-4-17(28)25-20(15)29/h1-2,5-8,15H,3-4,9H2,(H2,22,24)(H,23,27)(H,25,28,29). The van der Waals surface area contributed by atoms with Crippen molar-refractivity contribution in [2.45, 2.75) is 25.4 Å². The third kappa shape index (κ3) is 2.74. The number of nitrogen functional groups attached to an aromatic ring is 1. The van der Waals surface area contributed by atoms with Gasteiger partial charge in [-0.15, -0.1) is 0 Å². The van der Waals surface area contributed by atoms with Crippen LogP contribution in [0.15, 0.2) is 41.3 Å². The molecule has 1 aromatic carbocycles. The van der Waals surface area contributed by atoms with Crippen molar-refractivity contribution in [3.05, 3.63) is 57.9 Å². The summed E-state index contributed by atoms with van der Waals surface area (Å²) in [5.41, 5.74) is 8.97. The average molecular weight is 403 g/mol. The van der Waals surface area contributed by atoms with E-state index < -0.39 is 11.9 Å². The average Bonchev–Trinajstić information content (AvgIpc) is 3.03. The summed E-state index contributed by atoms with van der Waals surface area (Å²) in [6, 6.07) is 7.78. The van der Waals surface area contributed by atoms with Gasteiger partial charge in [0, 0.05) is 36.4 Å². The first-order valence-corrected chi connectivity index (χ1v) is 9.48. The van der Waals surface area contributed by atoms with Gasteiger partial charge in [0.05, 0.1) is 16.6 Å². The monoisotopic (exact) mass is 403 g/mol. The molecular formula is C21H17N5O4. The Hall–Kier alpha value is -4.01. The molecule has 0 radical (unpaired) electrons. The molecule has 1 atom stereocenters. The summed E-state index contributed by atoms with van der Waals surface area (Å²) in [7, 11) is 0. The van der Waals surface area contributed by atoms with Crippen molar-refractivity contribution in [2.75, 3.05) is 5.73 Å². The number of anilines is 1. The highest BCUT2D eigenvalue weighted by atomic mass is 16.2. The Bertz CT molecular complexity index is 1310. The Balaban J connectivity index is 1.51. The van der Waals surface area contributed by atoms with E-state index in [1.807, 2.05) is 6.07 Å². The van der Waals surface area contributed by atoms with Crippen molar-refractivity contribution in [3.63, 3.8) is 0 Å². The predicted octanol–water partition coefficient (Wildman–Crippen LogP) is 0.933. The van der Waals surface area contributed by atoms with Crippen molar-refractivity contribution in [3.8, 4) is 11.3 Å². The number of hydrogen-bond donors (Lipinski definition) is 3. The number of fused-ring (bicyclic) bond motifs is 2. The van der Waals surface area contributed by atoms with Crippen molar-refractivity contribution < 1.29 is 14.4 Å². The number of nitrogens with zero attached hydrogens (tertiary/aromatic N) is 2. The Morgan fingerprint density at radius 1 is 1.10 bits per heavy atom. The van der Waals surface area contributed by atoms with Gasteiger partial charge < -0.3 is 15.6 Å². The molecule has 1 saturated heterocycles. The Morgan fingerprint density at radius 2 is 1.93 bits per heavy atom. The van der Waals surface area contributed by atoms with Gasteiger partial charge in [-0.2, -0.15) is 0 Å². The van der Waals surface area contributed by atoms with Gasteiger partial charge in [0.15, 0.2) is 5.43 Å². The lowest BCUT2D eigenvalue weighted by Gasteiger charge is -2.29. The van der Waals surface area contributed by atoms with Crippen LogP contribution < -0.4 is 16.5 Å². The van der Waals surface area contributed by atoms with Gasteiger partial charge in [-0.3, -0.25) is 24.5 Å². The largest absolute Gasteiger partial charge is 0.383 e. The zero-order valence-corrected chi connectivity index (χ0v) is 15.8. The van der Waals surface area contributed by atoms with E-state index in [0.717, 1.165) is 11.1 Å². The van der Waals surface area contributed by atoms with Crippen LogP contribution in [0.4, 0.5) is 5.82 Å². The van der Waals surface area contributed by atoms with Crippen LogP contribution in [-0.4, -0.2) is 38.6 Å². The molecule has 0 saturated carbocycles. The smallest absolute Gasteiger partial charge is 0.255 e. The van der Waals surface area contributed by atoms with Gasteiger partial charge in [-0.1, -0.05) is 6.07 Å². The lowest BCUT2D eigenvalue weighted by atomic mass is 10.0. The Kier molecular flexibility index (Phi) is 3.92. The highest BCUT2D eigenvalue weighted by Gasteiger charge is 2.39. The number of imide groups is 1. The summed E-state index contributed by atoms with van der Waals surface area (Å²) >= 11 is 0. The molecule has 5 rings (SSSR count). The van der Waals surface area contributed by atoms with Gasteiger partial charge in [0.25, 0.3) is 5.91 Å². The highest BCUT2D eigenvalue weighted by Crippen LogP contribution is 2.31. The number of hydrogen-bond acceptors (Lipinski definition) is 6. The number of aromatic nitrogens is 2. The van der Waals surface area contributed by atoms with Crippen molar-refractivity contribution in [2.24, 2.45) is 0 Å². The molecule has 9 nitrogen and oxygen atoms in total. The minimum Gasteiger partial charge on any atom is -0.383 e. The van der Waals surface area contributed by atoms with E-state index in [4.69, 9.17) is 5.73 Å². The number of nitrogens with two attached hydrogens (primary N) is 1. The highest BCUT2D eigenvalue weighted by molar-refractivity contribution is 6.05. The van der Waals surface area contributed by atoms with Gasteiger partial charge in [-0.25, -0.2) is 4.98 Å². The van der Waals surface area contributed by atoms with Gasteiger partial charge in [0.2, 0.25) is 11.8 Å². The molecule has 1 unspecified atom stereocenters. The van der Waals surface area contributed by atoms with Crippen molar-refractivity contribution in [1.82, 2.24) is 20.2 Å². The molecule has 0 aliphatic carbocycles. The summed E-state index contributed by atoms with van der Waals surface area (Å²) in [5.74, 6) is -0.867. The second kappa shape index (κ2) is 6.51. The maximum Gasteiger partial charge on any atom is 0.255 e. The number of aromatic amines is 1. The number of carbonyl (C=O) groups is 3. The van der Waals surface area contributed by atoms with Gasteiger partial charge >= 0.3 is 0 Å². The molecule has 0 spiro atoms. The van der Waals surface area contributed by atoms with Crippen LogP contribution in [0.1, 0.15) is 28.8 Å². The van der Waals surface area contributed by atoms with Crippen molar-refractivity contribution in [1.29, 1.82) is 0 Å². The second-order valence-electron chi connectivity index (χ2n) is 7.43. The second-order valence-corrected chi connectivity index (χ2v) is 7.43. The first-order valence-electron chi connectivity index (χ1n) is 9.48. The first-order chi connectivity index (χ1) is 14.4. The summed E-state index contributed by atoms with van der Waals surface area (Å²) < 4.78 is 0. The Labute approximate surface area is 169 Å². The molecule has 9 heteroatoms. The first kappa shape index (κ1) is 18.0. The number of H-pyrrole nitrogens is 1. The molecule has 30 heavy (non-hydrogen) atoms. The summed E-state index contributed by atoms with van der Waals surface area (Å²) in [6.45, 7) is 0.272. The normalized spacial score (nSPS) is 18.6. The Morgan fingerprint density at radius 3 is 2.73 bits per heavy atom. The SMILES string of the molecule is Nc1nc(-c2ccc3c(c2)CN(C2CCC(=O)NC2=O)C3=O)cc2[nH]ccc(=O)c12. The topological polar surface area (TPSA) is 138 Å². The van der Waals surface area contributed by atoms with E-state index in [2.05, 4.69) is 15.3 Å². The van der Waals surface area contributed by atoms with E-state index in [1.165, 1.54) is 11.0 Å². The van der Waals surface area contributed by atoms with E-state index in [1.54, 1.807) is 24.4 Å². The fourth-order valence-corrected chi connectivity index (χ4v) is 4.11. The van der Waals surface area contributed by atoms with Crippen molar-refractivity contribution >= 4 is 34.4 Å². The third-order valence-corrected chi connectivity index (χ3v) is 5.59. The molecule has 0 bridgehead atoms. The molecule has 2 aliphatic heterocycles. The predicted molar refractivity (Wildman–Crippen MR) is 108 cm³/mol. The van der Waals surface area contributed by atoms with Crippen LogP contribution in [0.2, 0.25) is 0 Å². The van der Waals surface area contributed by atoms with E-state index >= 15 is 0 Å². The molecule has 3 aromatic rings. The van der Waals surface area contributed by atoms with Crippen LogP contribution in [0.3, 0.4) is 0 Å². The number of amides is 3. The van der Waals surface area contributed by atoms with Crippen LogP contribution >= 0.6 is 0 Å². The molecule has 2 aromatic heterocycles.